The van der Waals surface area contributed by atoms with Gasteiger partial charge in [-0.2, -0.15) is 0 Å². The lowest BCUT2D eigenvalue weighted by Gasteiger charge is -2.32. The van der Waals surface area contributed by atoms with Gasteiger partial charge < -0.3 is 9.88 Å². The van der Waals surface area contributed by atoms with Crippen molar-refractivity contribution in [1.29, 1.82) is 0 Å². The fourth-order valence-electron chi connectivity index (χ4n) is 9.17. The third kappa shape index (κ3) is 7.33. The smallest absolute Gasteiger partial charge is 0.201 e. The number of allylic oxidation sites excluding steroid dienone is 15. The first-order chi connectivity index (χ1) is 29.3. The molecule has 0 radical (unpaired) electrons. The minimum Gasteiger partial charge on any atom is -0.345 e. The molecule has 1 N–H and O–H groups in total. The highest BCUT2D eigenvalue weighted by atomic mass is 15.3. The van der Waals surface area contributed by atoms with Crippen molar-refractivity contribution in [3.8, 4) is 0 Å². The van der Waals surface area contributed by atoms with Crippen molar-refractivity contribution in [3.63, 3.8) is 0 Å². The van der Waals surface area contributed by atoms with Crippen molar-refractivity contribution in [3.05, 3.63) is 240 Å². The van der Waals surface area contributed by atoms with Gasteiger partial charge in [0.15, 0.2) is 0 Å². The van der Waals surface area contributed by atoms with Crippen LogP contribution in [0.3, 0.4) is 0 Å². The molecule has 0 saturated carbocycles. The number of benzene rings is 5. The maximum absolute atomic E-state index is 5.41. The molecule has 60 heavy (non-hydrogen) atoms. The number of hydrogen-bond acceptors (Lipinski definition) is 2. The summed E-state index contributed by atoms with van der Waals surface area (Å²) in [6.45, 7) is 23.6. The zero-order chi connectivity index (χ0) is 41.9. The van der Waals surface area contributed by atoms with Gasteiger partial charge in [-0.1, -0.05) is 178 Å². The number of fused-ring (bicyclic) bond motifs is 4. The van der Waals surface area contributed by atoms with Crippen LogP contribution >= 0.6 is 0 Å². The molecule has 0 bridgehead atoms. The Labute approximate surface area is 355 Å². The van der Waals surface area contributed by atoms with E-state index in [1.54, 1.807) is 0 Å². The number of aromatic nitrogens is 1. The van der Waals surface area contributed by atoms with Gasteiger partial charge >= 0.3 is 0 Å². The zero-order valence-electron chi connectivity index (χ0n) is 35.4. The van der Waals surface area contributed by atoms with Crippen molar-refractivity contribution in [2.24, 2.45) is 10.9 Å². The Kier molecular flexibility index (Phi) is 11.3. The highest BCUT2D eigenvalue weighted by Gasteiger charge is 2.30. The van der Waals surface area contributed by atoms with E-state index in [4.69, 9.17) is 4.99 Å². The summed E-state index contributed by atoms with van der Waals surface area (Å²) in [4.78, 5) is 5.41. The third-order valence-electron chi connectivity index (χ3n) is 12.2. The van der Waals surface area contributed by atoms with E-state index in [1.807, 2.05) is 31.2 Å². The molecule has 1 aromatic heterocycles. The minimum atomic E-state index is -0.455. The van der Waals surface area contributed by atoms with E-state index < -0.39 is 6.29 Å². The lowest BCUT2D eigenvalue weighted by molar-refractivity contribution is 0.483. The Balaban J connectivity index is 1.25. The van der Waals surface area contributed by atoms with Crippen LogP contribution in [0.15, 0.2) is 223 Å². The number of nitrogens with zero attached hydrogens (tertiary/aromatic N) is 2. The first-order valence-electron chi connectivity index (χ1n) is 20.9. The lowest BCUT2D eigenvalue weighted by Crippen LogP contribution is -2.32. The molecular formula is C57H53N3. The second-order valence-electron chi connectivity index (χ2n) is 15.8. The fraction of sp³-hybridized carbons (Fsp3) is 0.140. The topological polar surface area (TPSA) is 29.3 Å². The molecule has 5 aromatic carbocycles. The van der Waals surface area contributed by atoms with E-state index in [2.05, 4.69) is 203 Å². The van der Waals surface area contributed by atoms with Crippen LogP contribution < -0.4 is 5.32 Å². The van der Waals surface area contributed by atoms with Gasteiger partial charge in [0.25, 0.3) is 0 Å². The molecule has 3 atom stereocenters. The van der Waals surface area contributed by atoms with E-state index in [9.17, 15) is 0 Å². The summed E-state index contributed by atoms with van der Waals surface area (Å²) in [6.07, 6.45) is 20.4. The van der Waals surface area contributed by atoms with Gasteiger partial charge in [-0.25, -0.2) is 4.99 Å². The normalized spacial score (nSPS) is 19.1. The molecule has 1 aliphatic heterocycles. The number of rotatable bonds is 11. The minimum absolute atomic E-state index is 0.281. The molecule has 8 rings (SSSR count). The second kappa shape index (κ2) is 17.1. The molecule has 0 saturated heterocycles. The highest BCUT2D eigenvalue weighted by molar-refractivity contribution is 6.13. The first kappa shape index (κ1) is 39.8. The Morgan fingerprint density at radius 1 is 0.767 bits per heavy atom. The Morgan fingerprint density at radius 3 is 2.28 bits per heavy atom. The van der Waals surface area contributed by atoms with Crippen LogP contribution in [0.4, 0.5) is 0 Å². The van der Waals surface area contributed by atoms with Gasteiger partial charge in [-0.05, 0) is 113 Å². The number of aryl methyl sites for hydroxylation is 1. The summed E-state index contributed by atoms with van der Waals surface area (Å²) in [5, 5.41) is 8.70. The standard InChI is InChI=1S/C57H53N3/c1-9-13-24-48-40(8)55(47-25-17-14-21-38(47)6)39(7)34-51(48)45-32-33-50-49-26-18-19-27-53(49)60(54(50)36-45)57-58-52(20-10-2)46(12-4)56(59-57)41(11-3)29-28-37(5)43-31-30-42-22-15-16-23-44(42)35-43/h9-36,39,55,57,59H,1,3-4H2,2,5-8H3/b20-10-,24-13-,37-28+,41-29+/t39-,55?,57+/m1/s1. The summed E-state index contributed by atoms with van der Waals surface area (Å²) in [5.41, 5.74) is 15.9. The van der Waals surface area contributed by atoms with Crippen molar-refractivity contribution in [2.45, 2.75) is 46.8 Å². The maximum atomic E-state index is 5.41. The van der Waals surface area contributed by atoms with Crippen molar-refractivity contribution < 1.29 is 0 Å². The molecule has 2 aliphatic rings. The Bertz CT molecular complexity index is 2960. The summed E-state index contributed by atoms with van der Waals surface area (Å²) in [6, 6.07) is 39.5. The molecule has 2 heterocycles. The summed E-state index contributed by atoms with van der Waals surface area (Å²) >= 11 is 0. The van der Waals surface area contributed by atoms with E-state index in [0.717, 1.165) is 39.2 Å². The molecule has 3 nitrogen and oxygen atoms in total. The molecule has 0 spiro atoms. The number of nitrogens with one attached hydrogen (secondary N) is 1. The predicted molar refractivity (Wildman–Crippen MR) is 260 cm³/mol. The summed E-state index contributed by atoms with van der Waals surface area (Å²) in [7, 11) is 0. The van der Waals surface area contributed by atoms with Crippen molar-refractivity contribution in [2.75, 3.05) is 0 Å². The quantitative estimate of drug-likeness (QED) is 0.130. The average molecular weight is 780 g/mol. The maximum Gasteiger partial charge on any atom is 0.201 e. The first-order valence-corrected chi connectivity index (χ1v) is 20.9. The van der Waals surface area contributed by atoms with E-state index in [0.29, 0.717) is 5.92 Å². The van der Waals surface area contributed by atoms with Gasteiger partial charge in [0, 0.05) is 22.3 Å². The molecule has 1 aliphatic carbocycles. The monoisotopic (exact) mass is 779 g/mol. The van der Waals surface area contributed by atoms with Crippen LogP contribution in [0.1, 0.15) is 62.2 Å². The SMILES string of the molecule is C=C/C=C\C1=C(C)C(c2ccccc2C)[C@H](C)C=C1c1ccc2c3ccccc3n([C@H]3N=C(/C=C\C)C(C=C)=C(/C(C=C)=C/C=C(\C)c4ccc5ccccc5c4)N3)c2c1. The van der Waals surface area contributed by atoms with Gasteiger partial charge in [0.2, 0.25) is 6.29 Å². The van der Waals surface area contributed by atoms with E-state index in [1.165, 1.54) is 60.5 Å². The van der Waals surface area contributed by atoms with Crippen molar-refractivity contribution >= 4 is 49.4 Å². The Hall–Kier alpha value is -6.97. The van der Waals surface area contributed by atoms with Gasteiger partial charge in [-0.15, -0.1) is 0 Å². The van der Waals surface area contributed by atoms with E-state index >= 15 is 0 Å². The molecular weight excluding hydrogens is 727 g/mol. The fourth-order valence-corrected chi connectivity index (χ4v) is 9.17. The van der Waals surface area contributed by atoms with Crippen LogP contribution in [0.2, 0.25) is 0 Å². The zero-order valence-corrected chi connectivity index (χ0v) is 35.4. The summed E-state index contributed by atoms with van der Waals surface area (Å²) in [5.74, 6) is 0.576. The predicted octanol–water partition coefficient (Wildman–Crippen LogP) is 14.9. The average Bonchev–Trinajstić information content (AvgIpc) is 3.60. The molecule has 0 fully saturated rings. The molecule has 296 valence electrons. The van der Waals surface area contributed by atoms with Gasteiger partial charge in [-0.3, -0.25) is 0 Å². The van der Waals surface area contributed by atoms with Gasteiger partial charge in [0.05, 0.1) is 22.4 Å². The second-order valence-corrected chi connectivity index (χ2v) is 15.8. The molecule has 3 heteroatoms. The van der Waals surface area contributed by atoms with Crippen LogP contribution in [-0.2, 0) is 0 Å². The van der Waals surface area contributed by atoms with Crippen LogP contribution in [-0.4, -0.2) is 10.3 Å². The molecule has 1 unspecified atom stereocenters. The summed E-state index contributed by atoms with van der Waals surface area (Å²) < 4.78 is 2.35. The Morgan fingerprint density at radius 2 is 1.52 bits per heavy atom. The number of hydrogen-bond donors (Lipinski definition) is 1. The largest absolute Gasteiger partial charge is 0.345 e. The third-order valence-corrected chi connectivity index (χ3v) is 12.2. The van der Waals surface area contributed by atoms with Crippen molar-refractivity contribution in [1.82, 2.24) is 9.88 Å². The van der Waals surface area contributed by atoms with Gasteiger partial charge in [0.1, 0.15) is 0 Å². The molecule has 6 aromatic rings. The van der Waals surface area contributed by atoms with Crippen LogP contribution in [0, 0.1) is 12.8 Å². The van der Waals surface area contributed by atoms with Crippen LogP contribution in [0.5, 0.6) is 0 Å². The molecule has 0 amide bonds. The number of para-hydroxylation sites is 1. The van der Waals surface area contributed by atoms with Crippen LogP contribution in [0.25, 0.3) is 43.7 Å². The van der Waals surface area contributed by atoms with E-state index in [-0.39, 0.29) is 5.92 Å². The number of aliphatic imine (C=N–C) groups is 1. The lowest BCUT2D eigenvalue weighted by atomic mass is 9.72. The highest BCUT2D eigenvalue weighted by Crippen LogP contribution is 2.46.